The van der Waals surface area contributed by atoms with Crippen LogP contribution in [0.1, 0.15) is 0 Å². The Morgan fingerprint density at radius 1 is 1.25 bits per heavy atom. The van der Waals surface area contributed by atoms with E-state index in [4.69, 9.17) is 3.08 Å². The number of hydrogen-bond donors (Lipinski definition) is 0. The molecule has 0 aromatic rings. The standard InChI is InChI=1S/Na.H2O.O.Sn.H/h;1H2;;;. The van der Waals surface area contributed by atoms with E-state index < -0.39 is 0 Å². The van der Waals surface area contributed by atoms with Gasteiger partial charge in [0, 0.05) is 0 Å². The molecule has 4 heavy (non-hydrogen) atoms. The molecule has 0 aliphatic rings. The van der Waals surface area contributed by atoms with Gasteiger partial charge in [-0.15, -0.1) is 0 Å². The van der Waals surface area contributed by atoms with Crippen molar-refractivity contribution >= 4 is 52.1 Å². The molecule has 4 heteroatoms. The second-order valence-electron chi connectivity index (χ2n) is 0. The molecule has 0 saturated carbocycles. The summed E-state index contributed by atoms with van der Waals surface area (Å²) in [5, 5.41) is 0. The summed E-state index contributed by atoms with van der Waals surface area (Å²) in [6.07, 6.45) is 0. The van der Waals surface area contributed by atoms with Gasteiger partial charge in [0.2, 0.25) is 0 Å². The van der Waals surface area contributed by atoms with Crippen molar-refractivity contribution in [3.63, 3.8) is 0 Å². The molecule has 20 valence electrons. The topological polar surface area (TPSA) is 48.6 Å². The zero-order valence-corrected chi connectivity index (χ0v) is 4.26. The van der Waals surface area contributed by atoms with Crippen molar-refractivity contribution in [2.75, 3.05) is 0 Å². The quantitative estimate of drug-likeness (QED) is 0.395. The molecule has 0 amide bonds. The van der Waals surface area contributed by atoms with Gasteiger partial charge in [-0.2, -0.15) is 0 Å². The molecule has 0 aromatic carbocycles. The molecule has 0 aliphatic carbocycles. The summed E-state index contributed by atoms with van der Waals surface area (Å²) in [5.74, 6) is 0. The van der Waals surface area contributed by atoms with Gasteiger partial charge in [0.15, 0.2) is 0 Å². The minimum absolute atomic E-state index is 0. The van der Waals surface area contributed by atoms with Crippen molar-refractivity contribution < 1.29 is 8.55 Å². The first-order valence-corrected chi connectivity index (χ1v) is 1.37. The van der Waals surface area contributed by atoms with E-state index in [2.05, 4.69) is 0 Å². The van der Waals surface area contributed by atoms with Gasteiger partial charge in [-0.25, -0.2) is 0 Å². The van der Waals surface area contributed by atoms with E-state index in [1.54, 1.807) is 0 Å². The molecule has 0 rings (SSSR count). The van der Waals surface area contributed by atoms with Crippen molar-refractivity contribution in [3.8, 4) is 0 Å². The Morgan fingerprint density at radius 2 is 1.25 bits per heavy atom. The van der Waals surface area contributed by atoms with Crippen LogP contribution >= 0.6 is 0 Å². The third kappa shape index (κ3) is 9.59. The fraction of sp³-hybridized carbons (Fsp3) is 0. The van der Waals surface area contributed by atoms with Crippen molar-refractivity contribution in [1.29, 1.82) is 0 Å². The molecule has 2 nitrogen and oxygen atoms in total. The Labute approximate surface area is 60.0 Å². The van der Waals surface area contributed by atoms with Gasteiger partial charge in [0.1, 0.15) is 0 Å². The minimum atomic E-state index is 0. The van der Waals surface area contributed by atoms with E-state index in [1.165, 1.54) is 0 Å². The summed E-state index contributed by atoms with van der Waals surface area (Å²) >= 11 is 0.300. The van der Waals surface area contributed by atoms with E-state index in [1.807, 2.05) is 0 Å². The molecule has 0 aromatic heterocycles. The third-order valence-corrected chi connectivity index (χ3v) is 0. The normalized spacial score (nSPS) is 1.00. The van der Waals surface area contributed by atoms with E-state index in [0.29, 0.717) is 22.5 Å². The van der Waals surface area contributed by atoms with Gasteiger partial charge in [-0.3, -0.25) is 0 Å². The second-order valence-corrected chi connectivity index (χ2v) is 0. The van der Waals surface area contributed by atoms with Crippen LogP contribution in [0.3, 0.4) is 0 Å². The molecular weight excluding hydrogens is 174 g/mol. The van der Waals surface area contributed by atoms with E-state index in [-0.39, 0.29) is 35.0 Å². The van der Waals surface area contributed by atoms with Crippen LogP contribution in [0, 0.1) is 0 Å². The Hall–Kier alpha value is 1.56. The van der Waals surface area contributed by atoms with Crippen LogP contribution in [-0.2, 0) is 3.08 Å². The molecule has 2 radical (unpaired) electrons. The Balaban J connectivity index is -0.00000000500. The Bertz CT molecular complexity index is 6.00. The van der Waals surface area contributed by atoms with Crippen molar-refractivity contribution in [3.05, 3.63) is 0 Å². The van der Waals surface area contributed by atoms with Gasteiger partial charge < -0.3 is 5.48 Å². The summed E-state index contributed by atoms with van der Waals surface area (Å²) in [7, 11) is 0. The predicted octanol–water partition coefficient (Wildman–Crippen LogP) is -1.97. The zero-order valence-electron chi connectivity index (χ0n) is 1.41. The van der Waals surface area contributed by atoms with Crippen LogP contribution in [0.2, 0.25) is 0 Å². The van der Waals surface area contributed by atoms with E-state index in [9.17, 15) is 0 Å². The number of hydrogen-bond acceptors (Lipinski definition) is 1. The molecule has 0 fully saturated rings. The van der Waals surface area contributed by atoms with Crippen molar-refractivity contribution in [1.82, 2.24) is 0 Å². The third-order valence-electron chi connectivity index (χ3n) is 0. The summed E-state index contributed by atoms with van der Waals surface area (Å²) < 4.78 is 8.34. The summed E-state index contributed by atoms with van der Waals surface area (Å²) in [6, 6.07) is 0. The Morgan fingerprint density at radius 3 is 1.25 bits per heavy atom. The summed E-state index contributed by atoms with van der Waals surface area (Å²) in [6.45, 7) is 0. The second kappa shape index (κ2) is 23.8. The average Bonchev–Trinajstić information content (AvgIpc) is 1.00. The molecule has 0 bridgehead atoms. The molecule has 0 saturated heterocycles. The van der Waals surface area contributed by atoms with Crippen LogP contribution in [-0.4, -0.2) is 57.5 Å². The molecular formula is H3NaO2Sn. The van der Waals surface area contributed by atoms with Gasteiger partial charge in [-0.1, -0.05) is 0 Å². The first kappa shape index (κ1) is 17.6. The number of rotatable bonds is 0. The Kier molecular flexibility index (Phi) is 105. The van der Waals surface area contributed by atoms with Gasteiger partial charge >= 0.3 is 55.1 Å². The van der Waals surface area contributed by atoms with Crippen LogP contribution in [0.4, 0.5) is 0 Å². The van der Waals surface area contributed by atoms with Gasteiger partial charge in [0.05, 0.1) is 0 Å². The van der Waals surface area contributed by atoms with Gasteiger partial charge in [-0.05, 0) is 0 Å². The first-order valence-electron chi connectivity index (χ1n) is 0.204. The average molecular weight is 177 g/mol. The summed E-state index contributed by atoms with van der Waals surface area (Å²) in [4.78, 5) is 0. The predicted molar refractivity (Wildman–Crippen MR) is 17.2 cm³/mol. The van der Waals surface area contributed by atoms with Crippen LogP contribution in [0.5, 0.6) is 0 Å². The van der Waals surface area contributed by atoms with E-state index in [0.717, 1.165) is 0 Å². The first-order chi connectivity index (χ1) is 1.00. The fourth-order valence-corrected chi connectivity index (χ4v) is 0. The molecule has 0 heterocycles. The molecule has 0 spiro atoms. The van der Waals surface area contributed by atoms with Crippen LogP contribution < -0.4 is 0 Å². The van der Waals surface area contributed by atoms with Crippen molar-refractivity contribution in [2.24, 2.45) is 0 Å². The van der Waals surface area contributed by atoms with Gasteiger partial charge in [0.25, 0.3) is 0 Å². The molecule has 0 aliphatic heterocycles. The van der Waals surface area contributed by atoms with Crippen LogP contribution in [0.25, 0.3) is 0 Å². The molecule has 0 unspecified atom stereocenters. The maximum absolute atomic E-state index is 8.34. The van der Waals surface area contributed by atoms with Crippen LogP contribution in [0.15, 0.2) is 0 Å². The maximum atomic E-state index is 8.34. The molecule has 2 N–H and O–H groups in total. The van der Waals surface area contributed by atoms with E-state index >= 15 is 0 Å². The summed E-state index contributed by atoms with van der Waals surface area (Å²) in [5.41, 5.74) is 0. The molecule has 0 atom stereocenters. The zero-order chi connectivity index (χ0) is 2.00. The SMILES string of the molecule is O.[NaH].[O]=[Sn]. The fourth-order valence-electron chi connectivity index (χ4n) is 0. The monoisotopic (exact) mass is 178 g/mol. The van der Waals surface area contributed by atoms with Crippen molar-refractivity contribution in [2.45, 2.75) is 0 Å².